The molecule has 1 heterocycles. The second-order valence-electron chi connectivity index (χ2n) is 4.61. The molecule has 0 saturated carbocycles. The van der Waals surface area contributed by atoms with Gasteiger partial charge in [-0.1, -0.05) is 48.5 Å². The van der Waals surface area contributed by atoms with E-state index in [9.17, 15) is 0 Å². The summed E-state index contributed by atoms with van der Waals surface area (Å²) in [5.74, 6) is 0. The zero-order valence-electron chi connectivity index (χ0n) is 10.4. The molecule has 0 aliphatic carbocycles. The van der Waals surface area contributed by atoms with E-state index in [1.165, 1.54) is 16.5 Å². The van der Waals surface area contributed by atoms with Crippen molar-refractivity contribution in [3.63, 3.8) is 0 Å². The van der Waals surface area contributed by atoms with Crippen LogP contribution < -0.4 is 5.73 Å². The Morgan fingerprint density at radius 3 is 2.33 bits per heavy atom. The van der Waals surface area contributed by atoms with Gasteiger partial charge < -0.3 is 10.7 Å². The maximum Gasteiger partial charge on any atom is 0.0513 e. The van der Waals surface area contributed by atoms with Crippen molar-refractivity contribution < 1.29 is 0 Å². The van der Waals surface area contributed by atoms with Crippen molar-refractivity contribution in [1.82, 2.24) is 4.98 Å². The molecule has 3 rings (SSSR count). The van der Waals surface area contributed by atoms with E-state index >= 15 is 0 Å². The molecule has 18 heavy (non-hydrogen) atoms. The smallest absolute Gasteiger partial charge is 0.0513 e. The van der Waals surface area contributed by atoms with E-state index in [2.05, 4.69) is 35.3 Å². The molecule has 0 amide bonds. The third-order valence-corrected chi connectivity index (χ3v) is 3.26. The van der Waals surface area contributed by atoms with Gasteiger partial charge in [0.15, 0.2) is 0 Å². The summed E-state index contributed by atoms with van der Waals surface area (Å²) < 4.78 is 0. The van der Waals surface area contributed by atoms with Crippen LogP contribution >= 0.6 is 0 Å². The summed E-state index contributed by atoms with van der Waals surface area (Å²) in [5.41, 5.74) is 10.8. The number of para-hydroxylation sites is 1. The second-order valence-corrected chi connectivity index (χ2v) is 4.61. The highest BCUT2D eigenvalue weighted by Gasteiger charge is 2.15. The fourth-order valence-electron chi connectivity index (χ4n) is 2.47. The molecule has 0 aliphatic rings. The Morgan fingerprint density at radius 1 is 0.944 bits per heavy atom. The van der Waals surface area contributed by atoms with Crippen molar-refractivity contribution in [1.29, 1.82) is 0 Å². The monoisotopic (exact) mass is 236 g/mol. The molecule has 2 aromatic carbocycles. The number of benzene rings is 2. The Balaban J connectivity index is 2.32. The predicted octanol–water partition coefficient (Wildman–Crippen LogP) is 3.85. The van der Waals surface area contributed by atoms with Crippen molar-refractivity contribution in [2.75, 3.05) is 0 Å². The third-order valence-electron chi connectivity index (χ3n) is 3.26. The van der Waals surface area contributed by atoms with E-state index < -0.39 is 0 Å². The molecule has 1 atom stereocenters. The van der Waals surface area contributed by atoms with Gasteiger partial charge in [0.25, 0.3) is 0 Å². The highest BCUT2D eigenvalue weighted by atomic mass is 14.7. The molecule has 3 N–H and O–H groups in total. The Labute approximate surface area is 106 Å². The molecular weight excluding hydrogens is 220 g/mol. The SMILES string of the molecule is CC(N)c1c(-c2ccccc2)[nH]c2ccccc12. The summed E-state index contributed by atoms with van der Waals surface area (Å²) in [6, 6.07) is 18.7. The summed E-state index contributed by atoms with van der Waals surface area (Å²) in [7, 11) is 0. The maximum atomic E-state index is 6.14. The molecule has 1 unspecified atom stereocenters. The highest BCUT2D eigenvalue weighted by Crippen LogP contribution is 2.33. The Hall–Kier alpha value is -2.06. The average molecular weight is 236 g/mol. The lowest BCUT2D eigenvalue weighted by Gasteiger charge is -2.08. The Kier molecular flexibility index (Phi) is 2.65. The second kappa shape index (κ2) is 4.31. The van der Waals surface area contributed by atoms with Crippen molar-refractivity contribution >= 4 is 10.9 Å². The van der Waals surface area contributed by atoms with Gasteiger partial charge in [-0.25, -0.2) is 0 Å². The molecular formula is C16H16N2. The van der Waals surface area contributed by atoms with Crippen LogP contribution in [0.4, 0.5) is 0 Å². The number of nitrogens with one attached hydrogen (secondary N) is 1. The first kappa shape index (κ1) is 11.1. The summed E-state index contributed by atoms with van der Waals surface area (Å²) in [5, 5.41) is 1.21. The number of aromatic nitrogens is 1. The van der Waals surface area contributed by atoms with Crippen molar-refractivity contribution in [2.24, 2.45) is 5.73 Å². The van der Waals surface area contributed by atoms with E-state index in [1.54, 1.807) is 0 Å². The number of hydrogen-bond donors (Lipinski definition) is 2. The van der Waals surface area contributed by atoms with E-state index in [1.807, 2.05) is 31.2 Å². The highest BCUT2D eigenvalue weighted by molar-refractivity contribution is 5.91. The minimum absolute atomic E-state index is 0.0105. The number of rotatable bonds is 2. The quantitative estimate of drug-likeness (QED) is 0.697. The van der Waals surface area contributed by atoms with Gasteiger partial charge in [-0.2, -0.15) is 0 Å². The molecule has 0 spiro atoms. The lowest BCUT2D eigenvalue weighted by molar-refractivity contribution is 0.828. The molecule has 0 radical (unpaired) electrons. The average Bonchev–Trinajstić information content (AvgIpc) is 2.79. The van der Waals surface area contributed by atoms with Gasteiger partial charge >= 0.3 is 0 Å². The number of hydrogen-bond acceptors (Lipinski definition) is 1. The molecule has 3 aromatic rings. The summed E-state index contributed by atoms with van der Waals surface area (Å²) in [6.45, 7) is 2.03. The first-order valence-corrected chi connectivity index (χ1v) is 6.19. The molecule has 0 fully saturated rings. The minimum Gasteiger partial charge on any atom is -0.354 e. The number of nitrogens with two attached hydrogens (primary N) is 1. The van der Waals surface area contributed by atoms with Gasteiger partial charge in [-0.15, -0.1) is 0 Å². The van der Waals surface area contributed by atoms with Crippen LogP contribution in [0.2, 0.25) is 0 Å². The predicted molar refractivity (Wildman–Crippen MR) is 76.3 cm³/mol. The van der Waals surface area contributed by atoms with Crippen molar-refractivity contribution in [3.05, 3.63) is 60.2 Å². The number of H-pyrrole nitrogens is 1. The van der Waals surface area contributed by atoms with Crippen LogP contribution in [0.15, 0.2) is 54.6 Å². The first-order valence-electron chi connectivity index (χ1n) is 6.19. The molecule has 0 aliphatic heterocycles. The number of aromatic amines is 1. The standard InChI is InChI=1S/C16H16N2/c1-11(17)15-13-9-5-6-10-14(13)18-16(15)12-7-3-2-4-8-12/h2-11,18H,17H2,1H3. The van der Waals surface area contributed by atoms with Gasteiger partial charge in [0.05, 0.1) is 5.69 Å². The van der Waals surface area contributed by atoms with Crippen LogP contribution in [0.3, 0.4) is 0 Å². The van der Waals surface area contributed by atoms with Gasteiger partial charge in [-0.3, -0.25) is 0 Å². The van der Waals surface area contributed by atoms with Crippen LogP contribution in [0.5, 0.6) is 0 Å². The minimum atomic E-state index is 0.0105. The van der Waals surface area contributed by atoms with Gasteiger partial charge in [0, 0.05) is 22.5 Å². The van der Waals surface area contributed by atoms with Crippen molar-refractivity contribution in [3.8, 4) is 11.3 Å². The topological polar surface area (TPSA) is 41.8 Å². The Bertz CT molecular complexity index is 666. The molecule has 2 nitrogen and oxygen atoms in total. The molecule has 0 bridgehead atoms. The zero-order valence-corrected chi connectivity index (χ0v) is 10.4. The van der Waals surface area contributed by atoms with E-state index in [4.69, 9.17) is 5.73 Å². The Morgan fingerprint density at radius 2 is 1.61 bits per heavy atom. The van der Waals surface area contributed by atoms with Crippen LogP contribution in [0, 0.1) is 0 Å². The summed E-state index contributed by atoms with van der Waals surface area (Å²) in [4.78, 5) is 3.48. The summed E-state index contributed by atoms with van der Waals surface area (Å²) >= 11 is 0. The fraction of sp³-hybridized carbons (Fsp3) is 0.125. The first-order chi connectivity index (χ1) is 8.77. The van der Waals surface area contributed by atoms with E-state index in [0.717, 1.165) is 11.2 Å². The molecule has 2 heteroatoms. The fourth-order valence-corrected chi connectivity index (χ4v) is 2.47. The van der Waals surface area contributed by atoms with Crippen LogP contribution in [-0.2, 0) is 0 Å². The molecule has 0 saturated heterocycles. The largest absolute Gasteiger partial charge is 0.354 e. The number of fused-ring (bicyclic) bond motifs is 1. The van der Waals surface area contributed by atoms with E-state index in [-0.39, 0.29) is 6.04 Å². The normalized spacial score (nSPS) is 12.8. The van der Waals surface area contributed by atoms with Crippen LogP contribution in [0.25, 0.3) is 22.2 Å². The van der Waals surface area contributed by atoms with Crippen molar-refractivity contribution in [2.45, 2.75) is 13.0 Å². The lowest BCUT2D eigenvalue weighted by Crippen LogP contribution is -2.05. The van der Waals surface area contributed by atoms with Crippen LogP contribution in [-0.4, -0.2) is 4.98 Å². The molecule has 90 valence electrons. The van der Waals surface area contributed by atoms with Gasteiger partial charge in [0.1, 0.15) is 0 Å². The molecule has 1 aromatic heterocycles. The third kappa shape index (κ3) is 1.71. The summed E-state index contributed by atoms with van der Waals surface area (Å²) in [6.07, 6.45) is 0. The van der Waals surface area contributed by atoms with Crippen LogP contribution in [0.1, 0.15) is 18.5 Å². The van der Waals surface area contributed by atoms with Gasteiger partial charge in [-0.05, 0) is 18.6 Å². The lowest BCUT2D eigenvalue weighted by atomic mass is 10.0. The zero-order chi connectivity index (χ0) is 12.5. The van der Waals surface area contributed by atoms with Gasteiger partial charge in [0.2, 0.25) is 0 Å². The van der Waals surface area contributed by atoms with E-state index in [0.29, 0.717) is 0 Å². The maximum absolute atomic E-state index is 6.14.